The molecule has 0 bridgehead atoms. The molecule has 1 heterocycles. The predicted octanol–water partition coefficient (Wildman–Crippen LogP) is 1.30. The van der Waals surface area contributed by atoms with E-state index >= 15 is 0 Å². The van der Waals surface area contributed by atoms with Crippen molar-refractivity contribution in [3.8, 4) is 0 Å². The maximum atomic E-state index is 11.7. The van der Waals surface area contributed by atoms with Crippen LogP contribution in [0.4, 0.5) is 4.79 Å². The summed E-state index contributed by atoms with van der Waals surface area (Å²) >= 11 is 5.80. The van der Waals surface area contributed by atoms with Gasteiger partial charge in [0.1, 0.15) is 11.1 Å². The fourth-order valence-electron chi connectivity index (χ4n) is 1.56. The molecule has 1 aliphatic rings. The standard InChI is InChI=1S/C11H19ClN2O3/c1-11(2,3)17-10(16)14-6-4-13(5-7-14)9(12)8-15/h8-9H,4-7H2,1-3H3. The number of carbonyl (C=O) groups is 2. The van der Waals surface area contributed by atoms with E-state index < -0.39 is 11.1 Å². The first-order valence-corrected chi connectivity index (χ1v) is 6.08. The van der Waals surface area contributed by atoms with E-state index in [-0.39, 0.29) is 6.09 Å². The zero-order valence-electron chi connectivity index (χ0n) is 10.5. The SMILES string of the molecule is CC(C)(C)OC(=O)N1CCN(C(Cl)C=O)CC1. The molecule has 1 aliphatic heterocycles. The fraction of sp³-hybridized carbons (Fsp3) is 0.818. The number of ether oxygens (including phenoxy) is 1. The van der Waals surface area contributed by atoms with Gasteiger partial charge in [-0.05, 0) is 20.8 Å². The second-order valence-electron chi connectivity index (χ2n) is 5.01. The predicted molar refractivity (Wildman–Crippen MR) is 65.1 cm³/mol. The highest BCUT2D eigenvalue weighted by molar-refractivity contribution is 6.27. The van der Waals surface area contributed by atoms with Crippen molar-refractivity contribution >= 4 is 24.0 Å². The molecule has 1 amide bonds. The Labute approximate surface area is 107 Å². The minimum Gasteiger partial charge on any atom is -0.444 e. The van der Waals surface area contributed by atoms with Gasteiger partial charge >= 0.3 is 6.09 Å². The van der Waals surface area contributed by atoms with Crippen molar-refractivity contribution < 1.29 is 14.3 Å². The zero-order valence-corrected chi connectivity index (χ0v) is 11.2. The number of halogens is 1. The van der Waals surface area contributed by atoms with Crippen LogP contribution in [0.1, 0.15) is 20.8 Å². The summed E-state index contributed by atoms with van der Waals surface area (Å²) < 4.78 is 5.27. The van der Waals surface area contributed by atoms with E-state index in [0.29, 0.717) is 32.5 Å². The zero-order chi connectivity index (χ0) is 13.1. The number of hydrogen-bond donors (Lipinski definition) is 0. The molecule has 0 saturated carbocycles. The number of nitrogens with zero attached hydrogens (tertiary/aromatic N) is 2. The minimum atomic E-state index is -0.601. The molecule has 17 heavy (non-hydrogen) atoms. The Morgan fingerprint density at radius 2 is 1.82 bits per heavy atom. The van der Waals surface area contributed by atoms with E-state index in [1.807, 2.05) is 25.7 Å². The fourth-order valence-corrected chi connectivity index (χ4v) is 1.76. The summed E-state index contributed by atoms with van der Waals surface area (Å²) in [4.78, 5) is 25.7. The first-order valence-electron chi connectivity index (χ1n) is 5.65. The molecule has 0 spiro atoms. The lowest BCUT2D eigenvalue weighted by Crippen LogP contribution is -2.52. The molecule has 98 valence electrons. The first kappa shape index (κ1) is 14.3. The Morgan fingerprint density at radius 3 is 2.24 bits per heavy atom. The lowest BCUT2D eigenvalue weighted by atomic mass is 10.2. The summed E-state index contributed by atoms with van der Waals surface area (Å²) in [6.45, 7) is 7.75. The van der Waals surface area contributed by atoms with Gasteiger partial charge in [0, 0.05) is 26.2 Å². The van der Waals surface area contributed by atoms with Crippen LogP contribution in [-0.2, 0) is 9.53 Å². The van der Waals surface area contributed by atoms with Crippen molar-refractivity contribution in [2.75, 3.05) is 26.2 Å². The Morgan fingerprint density at radius 1 is 1.29 bits per heavy atom. The van der Waals surface area contributed by atoms with Crippen molar-refractivity contribution in [1.82, 2.24) is 9.80 Å². The lowest BCUT2D eigenvalue weighted by Gasteiger charge is -2.36. The molecule has 6 heteroatoms. The third-order valence-electron chi connectivity index (χ3n) is 2.43. The second kappa shape index (κ2) is 5.69. The number of alkyl halides is 1. The van der Waals surface area contributed by atoms with Gasteiger partial charge < -0.3 is 14.4 Å². The van der Waals surface area contributed by atoms with E-state index in [2.05, 4.69) is 0 Å². The van der Waals surface area contributed by atoms with E-state index in [0.717, 1.165) is 0 Å². The van der Waals surface area contributed by atoms with E-state index in [9.17, 15) is 9.59 Å². The lowest BCUT2D eigenvalue weighted by molar-refractivity contribution is -0.110. The monoisotopic (exact) mass is 262 g/mol. The van der Waals surface area contributed by atoms with Crippen molar-refractivity contribution in [2.45, 2.75) is 31.9 Å². The maximum absolute atomic E-state index is 11.7. The molecule has 1 atom stereocenters. The van der Waals surface area contributed by atoms with Gasteiger partial charge in [-0.1, -0.05) is 11.6 Å². The number of aldehydes is 1. The van der Waals surface area contributed by atoms with Crippen LogP contribution in [0.2, 0.25) is 0 Å². The van der Waals surface area contributed by atoms with Gasteiger partial charge in [-0.3, -0.25) is 4.90 Å². The quantitative estimate of drug-likeness (QED) is 0.428. The molecular formula is C11H19ClN2O3. The summed E-state index contributed by atoms with van der Waals surface area (Å²) in [7, 11) is 0. The molecule has 0 N–H and O–H groups in total. The Bertz CT molecular complexity index is 283. The third-order valence-corrected chi connectivity index (χ3v) is 2.81. The van der Waals surface area contributed by atoms with Crippen molar-refractivity contribution in [3.63, 3.8) is 0 Å². The van der Waals surface area contributed by atoms with Gasteiger partial charge in [-0.25, -0.2) is 4.79 Å². The minimum absolute atomic E-state index is 0.311. The smallest absolute Gasteiger partial charge is 0.410 e. The summed E-state index contributed by atoms with van der Waals surface area (Å²) in [6.07, 6.45) is 0.388. The second-order valence-corrected chi connectivity index (χ2v) is 5.46. The van der Waals surface area contributed by atoms with Gasteiger partial charge in [0.2, 0.25) is 0 Å². The van der Waals surface area contributed by atoms with Crippen LogP contribution in [0.15, 0.2) is 0 Å². The molecular weight excluding hydrogens is 244 g/mol. The molecule has 1 fully saturated rings. The molecule has 0 aliphatic carbocycles. The van der Waals surface area contributed by atoms with Crippen LogP contribution < -0.4 is 0 Å². The topological polar surface area (TPSA) is 49.9 Å². The number of hydrogen-bond acceptors (Lipinski definition) is 4. The van der Waals surface area contributed by atoms with Crippen LogP contribution in [0.5, 0.6) is 0 Å². The van der Waals surface area contributed by atoms with Crippen LogP contribution in [-0.4, -0.2) is 59.5 Å². The summed E-state index contributed by atoms with van der Waals surface area (Å²) in [5, 5.41) is 0. The Balaban J connectivity index is 2.41. The third kappa shape index (κ3) is 4.52. The Kier molecular flexibility index (Phi) is 4.77. The summed E-state index contributed by atoms with van der Waals surface area (Å²) in [6, 6.07) is 0. The van der Waals surface area contributed by atoms with Crippen molar-refractivity contribution in [3.05, 3.63) is 0 Å². The Hall–Kier alpha value is -0.810. The normalized spacial score (nSPS) is 19.9. The highest BCUT2D eigenvalue weighted by Crippen LogP contribution is 2.13. The van der Waals surface area contributed by atoms with Gasteiger partial charge in [0.25, 0.3) is 0 Å². The number of carbonyl (C=O) groups excluding carboxylic acids is 2. The van der Waals surface area contributed by atoms with Gasteiger partial charge in [-0.15, -0.1) is 0 Å². The van der Waals surface area contributed by atoms with E-state index in [4.69, 9.17) is 16.3 Å². The number of piperazine rings is 1. The average Bonchev–Trinajstić information content (AvgIpc) is 2.26. The number of rotatable bonds is 2. The number of amides is 1. The first-order chi connectivity index (χ1) is 7.83. The molecule has 1 rings (SSSR count). The van der Waals surface area contributed by atoms with Crippen LogP contribution in [0.25, 0.3) is 0 Å². The van der Waals surface area contributed by atoms with Crippen LogP contribution in [0, 0.1) is 0 Å². The molecule has 0 aromatic heterocycles. The maximum Gasteiger partial charge on any atom is 0.410 e. The van der Waals surface area contributed by atoms with Gasteiger partial charge in [-0.2, -0.15) is 0 Å². The largest absolute Gasteiger partial charge is 0.444 e. The highest BCUT2D eigenvalue weighted by Gasteiger charge is 2.27. The van der Waals surface area contributed by atoms with Crippen molar-refractivity contribution in [1.29, 1.82) is 0 Å². The molecule has 1 unspecified atom stereocenters. The van der Waals surface area contributed by atoms with E-state index in [1.165, 1.54) is 0 Å². The van der Waals surface area contributed by atoms with Gasteiger partial charge in [0.15, 0.2) is 6.29 Å². The average molecular weight is 263 g/mol. The molecule has 1 saturated heterocycles. The van der Waals surface area contributed by atoms with E-state index in [1.54, 1.807) is 4.90 Å². The summed E-state index contributed by atoms with van der Waals surface area (Å²) in [5.41, 5.74) is -1.08. The van der Waals surface area contributed by atoms with Crippen LogP contribution >= 0.6 is 11.6 Å². The van der Waals surface area contributed by atoms with Gasteiger partial charge in [0.05, 0.1) is 0 Å². The summed E-state index contributed by atoms with van der Waals surface area (Å²) in [5.74, 6) is 0. The highest BCUT2D eigenvalue weighted by atomic mass is 35.5. The van der Waals surface area contributed by atoms with Crippen LogP contribution in [0.3, 0.4) is 0 Å². The molecule has 5 nitrogen and oxygen atoms in total. The molecule has 0 radical (unpaired) electrons. The molecule has 0 aromatic carbocycles. The molecule has 0 aromatic rings. The van der Waals surface area contributed by atoms with Crippen molar-refractivity contribution in [2.24, 2.45) is 0 Å².